The molecular formula is C10H8BrCl2N3. The van der Waals surface area contributed by atoms with E-state index in [0.29, 0.717) is 15.9 Å². The highest BCUT2D eigenvalue weighted by molar-refractivity contribution is 9.10. The maximum Gasteiger partial charge on any atom is 0.168 e. The Morgan fingerprint density at radius 1 is 1.31 bits per heavy atom. The van der Waals surface area contributed by atoms with Crippen molar-refractivity contribution < 1.29 is 0 Å². The van der Waals surface area contributed by atoms with Gasteiger partial charge in [-0.1, -0.05) is 23.2 Å². The van der Waals surface area contributed by atoms with Crippen molar-refractivity contribution in [2.45, 2.75) is 13.8 Å². The molecule has 0 fully saturated rings. The Balaban J connectivity index is 2.63. The lowest BCUT2D eigenvalue weighted by molar-refractivity contribution is 0.802. The summed E-state index contributed by atoms with van der Waals surface area (Å²) < 4.78 is 2.47. The Morgan fingerprint density at radius 3 is 2.50 bits per heavy atom. The van der Waals surface area contributed by atoms with Crippen molar-refractivity contribution in [2.24, 2.45) is 0 Å². The largest absolute Gasteiger partial charge is 0.235 e. The molecule has 0 amide bonds. The zero-order valence-corrected chi connectivity index (χ0v) is 11.7. The third-order valence-corrected chi connectivity index (χ3v) is 3.53. The van der Waals surface area contributed by atoms with Gasteiger partial charge in [-0.3, -0.25) is 0 Å². The van der Waals surface area contributed by atoms with Crippen LogP contribution in [0.5, 0.6) is 0 Å². The van der Waals surface area contributed by atoms with Gasteiger partial charge in [0.15, 0.2) is 5.82 Å². The minimum Gasteiger partial charge on any atom is -0.235 e. The van der Waals surface area contributed by atoms with Gasteiger partial charge in [0.25, 0.3) is 0 Å². The molecule has 2 aromatic heterocycles. The quantitative estimate of drug-likeness (QED) is 0.796. The lowest BCUT2D eigenvalue weighted by Gasteiger charge is -2.05. The van der Waals surface area contributed by atoms with E-state index < -0.39 is 0 Å². The third-order valence-electron chi connectivity index (χ3n) is 2.19. The Hall–Kier alpha value is -0.580. The number of aromatic nitrogens is 3. The summed E-state index contributed by atoms with van der Waals surface area (Å²) in [6.07, 6.45) is 1.58. The lowest BCUT2D eigenvalue weighted by Crippen LogP contribution is -2.02. The summed E-state index contributed by atoms with van der Waals surface area (Å²) in [5.74, 6) is 0.678. The summed E-state index contributed by atoms with van der Waals surface area (Å²) in [5.41, 5.74) is 1.64. The first-order valence-electron chi connectivity index (χ1n) is 4.54. The zero-order valence-electron chi connectivity index (χ0n) is 8.63. The fourth-order valence-electron chi connectivity index (χ4n) is 1.39. The molecule has 6 heteroatoms. The Kier molecular flexibility index (Phi) is 3.24. The number of hydrogen-bond donors (Lipinski definition) is 0. The van der Waals surface area contributed by atoms with Gasteiger partial charge in [-0.25, -0.2) is 9.67 Å². The Bertz CT molecular complexity index is 551. The summed E-state index contributed by atoms with van der Waals surface area (Å²) in [4.78, 5) is 4.23. The molecule has 0 saturated carbocycles. The summed E-state index contributed by atoms with van der Waals surface area (Å²) >= 11 is 15.3. The molecule has 2 rings (SSSR count). The van der Waals surface area contributed by atoms with E-state index in [0.717, 1.165) is 15.9 Å². The van der Waals surface area contributed by atoms with E-state index in [1.807, 2.05) is 13.8 Å². The molecule has 2 heterocycles. The van der Waals surface area contributed by atoms with Crippen LogP contribution in [-0.2, 0) is 0 Å². The number of halogens is 3. The van der Waals surface area contributed by atoms with E-state index in [9.17, 15) is 0 Å². The smallest absolute Gasteiger partial charge is 0.168 e. The van der Waals surface area contributed by atoms with Gasteiger partial charge >= 0.3 is 0 Å². The van der Waals surface area contributed by atoms with Crippen molar-refractivity contribution in [2.75, 3.05) is 0 Å². The first-order valence-corrected chi connectivity index (χ1v) is 6.08. The Morgan fingerprint density at radius 2 is 2.00 bits per heavy atom. The monoisotopic (exact) mass is 319 g/mol. The second-order valence-electron chi connectivity index (χ2n) is 3.36. The van der Waals surface area contributed by atoms with Gasteiger partial charge in [-0.15, -0.1) is 0 Å². The van der Waals surface area contributed by atoms with E-state index >= 15 is 0 Å². The van der Waals surface area contributed by atoms with Crippen LogP contribution in [0.25, 0.3) is 5.82 Å². The zero-order chi connectivity index (χ0) is 11.9. The van der Waals surface area contributed by atoms with Gasteiger partial charge in [0, 0.05) is 6.20 Å². The number of nitrogens with zero attached hydrogens (tertiary/aromatic N) is 3. The topological polar surface area (TPSA) is 30.7 Å². The second kappa shape index (κ2) is 4.35. The SMILES string of the molecule is Cc1nn(-c2ncc(Cl)cc2Br)c(C)c1Cl. The van der Waals surface area contributed by atoms with Crippen molar-refractivity contribution in [1.29, 1.82) is 0 Å². The van der Waals surface area contributed by atoms with Crippen LogP contribution in [0.4, 0.5) is 0 Å². The predicted octanol–water partition coefficient (Wildman–Crippen LogP) is 3.95. The van der Waals surface area contributed by atoms with Gasteiger partial charge in [0.05, 0.1) is 25.9 Å². The van der Waals surface area contributed by atoms with Crippen molar-refractivity contribution in [3.05, 3.63) is 38.2 Å². The highest BCUT2D eigenvalue weighted by Gasteiger charge is 2.13. The van der Waals surface area contributed by atoms with E-state index in [-0.39, 0.29) is 0 Å². The fraction of sp³-hybridized carbons (Fsp3) is 0.200. The van der Waals surface area contributed by atoms with E-state index in [1.165, 1.54) is 0 Å². The van der Waals surface area contributed by atoms with E-state index in [1.54, 1.807) is 16.9 Å². The Labute approximate surface area is 112 Å². The van der Waals surface area contributed by atoms with Gasteiger partial charge in [0.2, 0.25) is 0 Å². The van der Waals surface area contributed by atoms with Crippen LogP contribution in [-0.4, -0.2) is 14.8 Å². The molecule has 84 valence electrons. The van der Waals surface area contributed by atoms with E-state index in [4.69, 9.17) is 23.2 Å². The van der Waals surface area contributed by atoms with Crippen LogP contribution in [0, 0.1) is 13.8 Å². The summed E-state index contributed by atoms with van der Waals surface area (Å²) in [7, 11) is 0. The lowest BCUT2D eigenvalue weighted by atomic mass is 10.4. The highest BCUT2D eigenvalue weighted by Crippen LogP contribution is 2.26. The second-order valence-corrected chi connectivity index (χ2v) is 5.02. The molecule has 0 radical (unpaired) electrons. The van der Waals surface area contributed by atoms with Crippen LogP contribution >= 0.6 is 39.1 Å². The molecule has 0 aliphatic rings. The normalized spacial score (nSPS) is 10.8. The first-order chi connectivity index (χ1) is 7.50. The number of pyridine rings is 1. The van der Waals surface area contributed by atoms with Gasteiger partial charge in [-0.2, -0.15) is 5.10 Å². The average Bonchev–Trinajstić information content (AvgIpc) is 2.46. The molecule has 2 aromatic rings. The minimum atomic E-state index is 0.572. The van der Waals surface area contributed by atoms with Crippen LogP contribution in [0.1, 0.15) is 11.4 Å². The van der Waals surface area contributed by atoms with Crippen LogP contribution in [0.2, 0.25) is 10.0 Å². The highest BCUT2D eigenvalue weighted by atomic mass is 79.9. The van der Waals surface area contributed by atoms with Crippen molar-refractivity contribution in [3.8, 4) is 5.82 Å². The van der Waals surface area contributed by atoms with Crippen molar-refractivity contribution in [3.63, 3.8) is 0 Å². The van der Waals surface area contributed by atoms with Crippen LogP contribution in [0.15, 0.2) is 16.7 Å². The van der Waals surface area contributed by atoms with Gasteiger partial charge in [-0.05, 0) is 35.8 Å². The molecule has 0 unspecified atom stereocenters. The molecule has 0 bridgehead atoms. The third kappa shape index (κ3) is 1.97. The summed E-state index contributed by atoms with van der Waals surface area (Å²) in [6.45, 7) is 3.75. The van der Waals surface area contributed by atoms with E-state index in [2.05, 4.69) is 26.0 Å². The van der Waals surface area contributed by atoms with Crippen LogP contribution in [0.3, 0.4) is 0 Å². The molecule has 0 spiro atoms. The van der Waals surface area contributed by atoms with Gasteiger partial charge in [0.1, 0.15) is 0 Å². The maximum atomic E-state index is 6.08. The van der Waals surface area contributed by atoms with Crippen LogP contribution < -0.4 is 0 Å². The average molecular weight is 321 g/mol. The molecular weight excluding hydrogens is 313 g/mol. The molecule has 16 heavy (non-hydrogen) atoms. The molecule has 3 nitrogen and oxygen atoms in total. The molecule has 0 aliphatic carbocycles. The fourth-order valence-corrected chi connectivity index (χ4v) is 2.32. The standard InChI is InChI=1S/C10H8BrCl2N3/c1-5-9(13)6(2)16(15-5)10-8(11)3-7(12)4-14-10/h3-4H,1-2H3. The van der Waals surface area contributed by atoms with Crippen molar-refractivity contribution >= 4 is 39.1 Å². The number of rotatable bonds is 1. The molecule has 0 N–H and O–H groups in total. The number of aryl methyl sites for hydroxylation is 1. The van der Waals surface area contributed by atoms with Gasteiger partial charge < -0.3 is 0 Å². The maximum absolute atomic E-state index is 6.08. The molecule has 0 aliphatic heterocycles. The predicted molar refractivity (Wildman–Crippen MR) is 68.6 cm³/mol. The molecule has 0 atom stereocenters. The molecule has 0 aromatic carbocycles. The molecule has 0 saturated heterocycles. The number of hydrogen-bond acceptors (Lipinski definition) is 2. The minimum absolute atomic E-state index is 0.572. The first kappa shape index (κ1) is 11.9. The summed E-state index contributed by atoms with van der Waals surface area (Å²) in [5, 5.41) is 5.55. The van der Waals surface area contributed by atoms with Crippen molar-refractivity contribution in [1.82, 2.24) is 14.8 Å². The summed E-state index contributed by atoms with van der Waals surface area (Å²) in [6, 6.07) is 1.77.